The average Bonchev–Trinajstić information content (AvgIpc) is 3.45. The normalized spacial score (nSPS) is 11.3. The fourth-order valence-corrected chi connectivity index (χ4v) is 4.03. The summed E-state index contributed by atoms with van der Waals surface area (Å²) in [5, 5.41) is 17.3. The molecule has 0 unspecified atom stereocenters. The SMILES string of the molecule is COc1cc(/C=N/NC(=O)C(O)(c2ccccc2)c2ccccc2)ccc1OC(=O)c1cccs1. The molecule has 3 aromatic carbocycles. The largest absolute Gasteiger partial charge is 0.493 e. The van der Waals surface area contributed by atoms with Gasteiger partial charge in [0.05, 0.1) is 13.3 Å². The summed E-state index contributed by atoms with van der Waals surface area (Å²) in [7, 11) is 1.46. The molecule has 1 heterocycles. The van der Waals surface area contributed by atoms with Crippen molar-refractivity contribution in [3.8, 4) is 11.5 Å². The van der Waals surface area contributed by atoms with Crippen molar-refractivity contribution in [3.63, 3.8) is 0 Å². The summed E-state index contributed by atoms with van der Waals surface area (Å²) in [5.74, 6) is -0.599. The second kappa shape index (κ2) is 10.8. The second-order valence-corrected chi connectivity index (χ2v) is 8.37. The van der Waals surface area contributed by atoms with Crippen molar-refractivity contribution >= 4 is 29.4 Å². The van der Waals surface area contributed by atoms with Gasteiger partial charge in [-0.25, -0.2) is 10.2 Å². The molecule has 0 aliphatic heterocycles. The highest BCUT2D eigenvalue weighted by Crippen LogP contribution is 2.30. The van der Waals surface area contributed by atoms with Crippen molar-refractivity contribution in [3.05, 3.63) is 118 Å². The van der Waals surface area contributed by atoms with Crippen molar-refractivity contribution < 1.29 is 24.2 Å². The summed E-state index contributed by atoms with van der Waals surface area (Å²) in [6.45, 7) is 0. The number of aliphatic hydroxyl groups is 1. The fraction of sp³-hybridized carbons (Fsp3) is 0.0741. The number of methoxy groups -OCH3 is 1. The summed E-state index contributed by atoms with van der Waals surface area (Å²) in [6.07, 6.45) is 1.40. The Hall–Kier alpha value is -4.27. The fourth-order valence-electron chi connectivity index (χ4n) is 3.43. The van der Waals surface area contributed by atoms with E-state index in [9.17, 15) is 14.7 Å². The van der Waals surface area contributed by atoms with Gasteiger partial charge >= 0.3 is 5.97 Å². The third-order valence-corrected chi connectivity index (χ3v) is 6.05. The highest BCUT2D eigenvalue weighted by molar-refractivity contribution is 7.12. The van der Waals surface area contributed by atoms with E-state index in [-0.39, 0.29) is 5.75 Å². The molecule has 1 aromatic heterocycles. The van der Waals surface area contributed by atoms with Crippen molar-refractivity contribution in [2.45, 2.75) is 5.60 Å². The van der Waals surface area contributed by atoms with Crippen LogP contribution in [0.2, 0.25) is 0 Å². The Bertz CT molecular complexity index is 1280. The summed E-state index contributed by atoms with van der Waals surface area (Å²) in [5.41, 5.74) is 1.91. The first-order valence-corrected chi connectivity index (χ1v) is 11.5. The molecule has 176 valence electrons. The van der Waals surface area contributed by atoms with Gasteiger partial charge < -0.3 is 14.6 Å². The van der Waals surface area contributed by atoms with E-state index in [2.05, 4.69) is 10.5 Å². The maximum Gasteiger partial charge on any atom is 0.353 e. The number of thiophene rings is 1. The van der Waals surface area contributed by atoms with Crippen LogP contribution in [0.25, 0.3) is 0 Å². The van der Waals surface area contributed by atoms with Gasteiger partial charge in [0.2, 0.25) is 0 Å². The zero-order valence-corrected chi connectivity index (χ0v) is 19.6. The molecule has 0 radical (unpaired) electrons. The van der Waals surface area contributed by atoms with Crippen LogP contribution in [0.15, 0.2) is 101 Å². The van der Waals surface area contributed by atoms with Crippen LogP contribution in [-0.2, 0) is 10.4 Å². The van der Waals surface area contributed by atoms with Crippen LogP contribution >= 0.6 is 11.3 Å². The molecule has 4 rings (SSSR count). The van der Waals surface area contributed by atoms with Crippen LogP contribution in [0.4, 0.5) is 0 Å². The molecule has 2 N–H and O–H groups in total. The van der Waals surface area contributed by atoms with E-state index in [0.29, 0.717) is 27.3 Å². The van der Waals surface area contributed by atoms with Gasteiger partial charge in [0, 0.05) is 0 Å². The molecule has 0 saturated heterocycles. The number of nitrogens with zero attached hydrogens (tertiary/aromatic N) is 1. The number of ether oxygens (including phenoxy) is 2. The molecular weight excluding hydrogens is 464 g/mol. The first kappa shape index (κ1) is 23.9. The minimum absolute atomic E-state index is 0.259. The van der Waals surface area contributed by atoms with Crippen LogP contribution in [0, 0.1) is 0 Å². The first-order valence-electron chi connectivity index (χ1n) is 10.6. The number of nitrogens with one attached hydrogen (secondary N) is 1. The number of hydrogen-bond donors (Lipinski definition) is 2. The smallest absolute Gasteiger partial charge is 0.353 e. The Labute approximate surface area is 206 Å². The number of benzene rings is 3. The molecule has 0 spiro atoms. The minimum Gasteiger partial charge on any atom is -0.493 e. The third-order valence-electron chi connectivity index (χ3n) is 5.20. The molecule has 1 amide bonds. The number of rotatable bonds is 8. The zero-order valence-electron chi connectivity index (χ0n) is 18.8. The third kappa shape index (κ3) is 5.29. The Morgan fingerprint density at radius 3 is 2.14 bits per heavy atom. The number of amides is 1. The Morgan fingerprint density at radius 2 is 1.57 bits per heavy atom. The van der Waals surface area contributed by atoms with Crippen LogP contribution < -0.4 is 14.9 Å². The topological polar surface area (TPSA) is 97.2 Å². The van der Waals surface area contributed by atoms with Gasteiger partial charge in [-0.3, -0.25) is 4.79 Å². The van der Waals surface area contributed by atoms with E-state index in [4.69, 9.17) is 9.47 Å². The van der Waals surface area contributed by atoms with Crippen LogP contribution in [0.1, 0.15) is 26.4 Å². The lowest BCUT2D eigenvalue weighted by molar-refractivity contribution is -0.136. The van der Waals surface area contributed by atoms with E-state index >= 15 is 0 Å². The zero-order chi connectivity index (χ0) is 24.7. The molecule has 0 aliphatic rings. The van der Waals surface area contributed by atoms with E-state index in [1.165, 1.54) is 24.7 Å². The lowest BCUT2D eigenvalue weighted by Gasteiger charge is -2.27. The molecule has 35 heavy (non-hydrogen) atoms. The maximum atomic E-state index is 13.1. The standard InChI is InChI=1S/C27H22N2O5S/c1-33-23-17-19(14-15-22(23)34-25(30)24-13-8-16-35-24)18-28-29-26(31)27(32,20-9-4-2-5-10-20)21-11-6-3-7-12-21/h2-18,32H,1H3,(H,29,31)/b28-18+. The first-order chi connectivity index (χ1) is 17.0. The van der Waals surface area contributed by atoms with E-state index in [1.54, 1.807) is 96.4 Å². The number of carbonyl (C=O) groups excluding carboxylic acids is 2. The van der Waals surface area contributed by atoms with Crippen LogP contribution in [0.3, 0.4) is 0 Å². The average molecular weight is 487 g/mol. The summed E-state index contributed by atoms with van der Waals surface area (Å²) < 4.78 is 10.8. The van der Waals surface area contributed by atoms with E-state index in [1.807, 2.05) is 0 Å². The highest BCUT2D eigenvalue weighted by atomic mass is 32.1. The van der Waals surface area contributed by atoms with E-state index in [0.717, 1.165) is 0 Å². The molecule has 4 aromatic rings. The molecule has 0 fully saturated rings. The molecule has 0 saturated carbocycles. The quantitative estimate of drug-likeness (QED) is 0.167. The number of esters is 1. The highest BCUT2D eigenvalue weighted by Gasteiger charge is 2.39. The van der Waals surface area contributed by atoms with Crippen LogP contribution in [0.5, 0.6) is 11.5 Å². The Morgan fingerprint density at radius 1 is 0.914 bits per heavy atom. The van der Waals surface area contributed by atoms with Gasteiger partial charge in [0.25, 0.3) is 5.91 Å². The van der Waals surface area contributed by atoms with Gasteiger partial charge in [0.1, 0.15) is 4.88 Å². The maximum absolute atomic E-state index is 13.1. The van der Waals surface area contributed by atoms with Gasteiger partial charge in [0.15, 0.2) is 17.1 Å². The van der Waals surface area contributed by atoms with Crippen molar-refractivity contribution in [1.82, 2.24) is 5.43 Å². The van der Waals surface area contributed by atoms with E-state index < -0.39 is 17.5 Å². The minimum atomic E-state index is -1.93. The lowest BCUT2D eigenvalue weighted by atomic mass is 9.85. The number of hydrogen-bond acceptors (Lipinski definition) is 7. The Balaban J connectivity index is 1.51. The number of hydrazone groups is 1. The number of carbonyl (C=O) groups is 2. The molecule has 0 atom stereocenters. The Kier molecular flexibility index (Phi) is 7.35. The monoisotopic (exact) mass is 486 g/mol. The van der Waals surface area contributed by atoms with Gasteiger partial charge in [-0.15, -0.1) is 11.3 Å². The summed E-state index contributed by atoms with van der Waals surface area (Å²) in [6, 6.07) is 25.6. The summed E-state index contributed by atoms with van der Waals surface area (Å²) in [4.78, 5) is 25.8. The summed E-state index contributed by atoms with van der Waals surface area (Å²) >= 11 is 1.28. The molecule has 0 bridgehead atoms. The molecular formula is C27H22N2O5S. The van der Waals surface area contributed by atoms with Crippen LogP contribution in [-0.4, -0.2) is 30.3 Å². The van der Waals surface area contributed by atoms with Gasteiger partial charge in [-0.2, -0.15) is 5.10 Å². The van der Waals surface area contributed by atoms with Gasteiger partial charge in [-0.1, -0.05) is 66.7 Å². The van der Waals surface area contributed by atoms with Crippen molar-refractivity contribution in [1.29, 1.82) is 0 Å². The molecule has 8 heteroatoms. The van der Waals surface area contributed by atoms with Crippen molar-refractivity contribution in [2.24, 2.45) is 5.10 Å². The molecule has 7 nitrogen and oxygen atoms in total. The van der Waals surface area contributed by atoms with Crippen molar-refractivity contribution in [2.75, 3.05) is 7.11 Å². The predicted octanol–water partition coefficient (Wildman–Crippen LogP) is 4.36. The molecule has 0 aliphatic carbocycles. The predicted molar refractivity (Wildman–Crippen MR) is 134 cm³/mol. The second-order valence-electron chi connectivity index (χ2n) is 7.42. The lowest BCUT2D eigenvalue weighted by Crippen LogP contribution is -2.43. The van der Waals surface area contributed by atoms with Gasteiger partial charge in [-0.05, 0) is 46.3 Å².